The molecular formula is C15H24N3O2S+. The lowest BCUT2D eigenvalue weighted by atomic mass is 10.1. The average molecular weight is 310 g/mol. The van der Waals surface area contributed by atoms with E-state index in [4.69, 9.17) is 6.42 Å². The third kappa shape index (κ3) is 5.38. The maximum atomic E-state index is 11.7. The summed E-state index contributed by atoms with van der Waals surface area (Å²) in [6.45, 7) is 0.327. The minimum Gasteiger partial charge on any atom is -0.378 e. The molecule has 0 aliphatic heterocycles. The number of sulfonamides is 1. The van der Waals surface area contributed by atoms with Crippen LogP contribution in [0.15, 0.2) is 24.3 Å². The molecule has 1 aromatic rings. The largest absolute Gasteiger partial charge is 0.378 e. The number of nitrogens with one attached hydrogen (secondary N) is 2. The molecule has 0 unspecified atom stereocenters. The smallest absolute Gasteiger partial charge is 0.223 e. The first-order valence-corrected chi connectivity index (χ1v) is 8.40. The first kappa shape index (κ1) is 17.5. The first-order chi connectivity index (χ1) is 9.76. The van der Waals surface area contributed by atoms with E-state index in [0.29, 0.717) is 6.54 Å². The van der Waals surface area contributed by atoms with Crippen molar-refractivity contribution >= 4 is 15.7 Å². The van der Waals surface area contributed by atoms with E-state index in [-0.39, 0.29) is 11.8 Å². The molecule has 1 aromatic carbocycles. The summed E-state index contributed by atoms with van der Waals surface area (Å²) < 4.78 is 25.9. The van der Waals surface area contributed by atoms with Crippen LogP contribution in [0.4, 0.5) is 5.69 Å². The van der Waals surface area contributed by atoms with E-state index >= 15 is 0 Å². The molecule has 6 heteroatoms. The third-order valence-corrected chi connectivity index (χ3v) is 4.44. The van der Waals surface area contributed by atoms with Gasteiger partial charge in [0.2, 0.25) is 10.0 Å². The van der Waals surface area contributed by atoms with E-state index in [0.717, 1.165) is 16.2 Å². The van der Waals surface area contributed by atoms with Crippen LogP contribution in [0.3, 0.4) is 0 Å². The van der Waals surface area contributed by atoms with Crippen molar-refractivity contribution in [3.05, 3.63) is 29.8 Å². The Morgan fingerprint density at radius 2 is 1.86 bits per heavy atom. The second-order valence-electron chi connectivity index (χ2n) is 5.43. The Hall–Kier alpha value is -1.55. The standard InChI is InChI=1S/C15H23N3O2S/c1-6-11-21(19,20)16-12-15(18(4)5)13-7-9-14(10-8-13)17(2)3/h1,7-10,15-16H,11-12H2,2-5H3/p+1/t15-/m1/s1. The van der Waals surface area contributed by atoms with Gasteiger partial charge in [-0.15, -0.1) is 6.42 Å². The predicted molar refractivity (Wildman–Crippen MR) is 86.9 cm³/mol. The van der Waals surface area contributed by atoms with Crippen LogP contribution in [0.25, 0.3) is 0 Å². The highest BCUT2D eigenvalue weighted by Crippen LogP contribution is 2.16. The zero-order valence-electron chi connectivity index (χ0n) is 13.1. The molecule has 1 rings (SSSR count). The van der Waals surface area contributed by atoms with Crippen molar-refractivity contribution in [2.24, 2.45) is 0 Å². The molecule has 21 heavy (non-hydrogen) atoms. The Kier molecular flexibility index (Phi) is 6.21. The molecule has 2 N–H and O–H groups in total. The second-order valence-corrected chi connectivity index (χ2v) is 7.23. The van der Waals surface area contributed by atoms with Crippen molar-refractivity contribution in [1.29, 1.82) is 0 Å². The molecule has 0 fully saturated rings. The maximum absolute atomic E-state index is 11.7. The number of hydrogen-bond acceptors (Lipinski definition) is 3. The van der Waals surface area contributed by atoms with Crippen LogP contribution in [0.5, 0.6) is 0 Å². The highest BCUT2D eigenvalue weighted by molar-refractivity contribution is 7.89. The van der Waals surface area contributed by atoms with Gasteiger partial charge in [-0.3, -0.25) is 0 Å². The summed E-state index contributed by atoms with van der Waals surface area (Å²) in [5.41, 5.74) is 2.20. The van der Waals surface area contributed by atoms with Gasteiger partial charge in [0.15, 0.2) is 0 Å². The van der Waals surface area contributed by atoms with Gasteiger partial charge < -0.3 is 9.80 Å². The Labute approximate surface area is 128 Å². The van der Waals surface area contributed by atoms with E-state index in [1.807, 2.05) is 57.4 Å². The van der Waals surface area contributed by atoms with Gasteiger partial charge in [0.1, 0.15) is 11.8 Å². The normalized spacial score (nSPS) is 13.0. The molecule has 5 nitrogen and oxygen atoms in total. The van der Waals surface area contributed by atoms with Gasteiger partial charge >= 0.3 is 0 Å². The molecule has 0 radical (unpaired) electrons. The number of quaternary nitrogens is 1. The molecule has 116 valence electrons. The molecule has 0 aliphatic rings. The van der Waals surface area contributed by atoms with Crippen LogP contribution in [-0.4, -0.2) is 48.9 Å². The number of terminal acetylenes is 1. The monoisotopic (exact) mass is 310 g/mol. The first-order valence-electron chi connectivity index (χ1n) is 6.75. The van der Waals surface area contributed by atoms with E-state index in [1.165, 1.54) is 0 Å². The Balaban J connectivity index is 2.85. The Morgan fingerprint density at radius 1 is 1.29 bits per heavy atom. The number of anilines is 1. The van der Waals surface area contributed by atoms with Gasteiger partial charge in [-0.05, 0) is 12.1 Å². The number of likely N-dealkylation sites (N-methyl/N-ethyl adjacent to an activating group) is 1. The summed E-state index contributed by atoms with van der Waals surface area (Å²) in [5.74, 6) is 1.87. The molecular weight excluding hydrogens is 286 g/mol. The summed E-state index contributed by atoms with van der Waals surface area (Å²) >= 11 is 0. The number of rotatable bonds is 7. The molecule has 0 heterocycles. The molecule has 0 bridgehead atoms. The zero-order valence-corrected chi connectivity index (χ0v) is 13.9. The van der Waals surface area contributed by atoms with Crippen molar-refractivity contribution in [1.82, 2.24) is 4.72 Å². The SMILES string of the molecule is C#CCS(=O)(=O)NC[C@H](c1ccc(N(C)C)cc1)[NH+](C)C. The summed E-state index contributed by atoms with van der Waals surface area (Å²) in [5, 5.41) is 0. The summed E-state index contributed by atoms with van der Waals surface area (Å²) in [4.78, 5) is 3.17. The average Bonchev–Trinajstić information content (AvgIpc) is 2.38. The fourth-order valence-electron chi connectivity index (χ4n) is 2.03. The van der Waals surface area contributed by atoms with E-state index < -0.39 is 10.0 Å². The minimum atomic E-state index is -3.40. The highest BCUT2D eigenvalue weighted by Gasteiger charge is 2.20. The topological polar surface area (TPSA) is 53.9 Å². The molecule has 0 saturated heterocycles. The van der Waals surface area contributed by atoms with Gasteiger partial charge in [0.25, 0.3) is 0 Å². The Morgan fingerprint density at radius 3 is 2.29 bits per heavy atom. The molecule has 1 atom stereocenters. The predicted octanol–water partition coefficient (Wildman–Crippen LogP) is -0.509. The van der Waals surface area contributed by atoms with Crippen LogP contribution >= 0.6 is 0 Å². The van der Waals surface area contributed by atoms with Crippen molar-refractivity contribution in [2.45, 2.75) is 6.04 Å². The van der Waals surface area contributed by atoms with Crippen molar-refractivity contribution < 1.29 is 13.3 Å². The summed E-state index contributed by atoms with van der Waals surface area (Å²) in [7, 11) is 4.57. The van der Waals surface area contributed by atoms with Crippen molar-refractivity contribution in [3.63, 3.8) is 0 Å². The summed E-state index contributed by atoms with van der Waals surface area (Å²) in [6.07, 6.45) is 5.06. The molecule has 0 saturated carbocycles. The number of nitrogens with zero attached hydrogens (tertiary/aromatic N) is 1. The van der Waals surface area contributed by atoms with Crippen LogP contribution < -0.4 is 14.5 Å². The van der Waals surface area contributed by atoms with Crippen molar-refractivity contribution in [2.75, 3.05) is 45.4 Å². The minimum absolute atomic E-state index is 0.0359. The lowest BCUT2D eigenvalue weighted by molar-refractivity contribution is -0.890. The van der Waals surface area contributed by atoms with Gasteiger partial charge in [0.05, 0.1) is 20.6 Å². The van der Waals surface area contributed by atoms with E-state index in [1.54, 1.807) is 0 Å². The van der Waals surface area contributed by atoms with Crippen LogP contribution in [0.1, 0.15) is 11.6 Å². The van der Waals surface area contributed by atoms with Gasteiger partial charge in [-0.1, -0.05) is 18.1 Å². The van der Waals surface area contributed by atoms with Crippen LogP contribution in [0, 0.1) is 12.3 Å². The van der Waals surface area contributed by atoms with Gasteiger partial charge in [-0.25, -0.2) is 13.1 Å². The number of benzene rings is 1. The molecule has 0 spiro atoms. The highest BCUT2D eigenvalue weighted by atomic mass is 32.2. The number of hydrogen-bond donors (Lipinski definition) is 2. The zero-order chi connectivity index (χ0) is 16.0. The molecule has 0 aliphatic carbocycles. The Bertz CT molecular complexity index is 586. The third-order valence-electron chi connectivity index (χ3n) is 3.29. The second kappa shape index (κ2) is 7.46. The fraction of sp³-hybridized carbons (Fsp3) is 0.467. The fourth-order valence-corrected chi connectivity index (χ4v) is 2.77. The van der Waals surface area contributed by atoms with Crippen molar-refractivity contribution in [3.8, 4) is 12.3 Å². The van der Waals surface area contributed by atoms with Crippen LogP contribution in [-0.2, 0) is 10.0 Å². The lowest BCUT2D eigenvalue weighted by Crippen LogP contribution is -3.07. The quantitative estimate of drug-likeness (QED) is 0.667. The van der Waals surface area contributed by atoms with E-state index in [9.17, 15) is 8.42 Å². The van der Waals surface area contributed by atoms with Gasteiger partial charge in [-0.2, -0.15) is 0 Å². The molecule has 0 aromatic heterocycles. The lowest BCUT2D eigenvalue weighted by Gasteiger charge is -2.23. The molecule has 0 amide bonds. The van der Waals surface area contributed by atoms with Gasteiger partial charge in [0, 0.05) is 25.3 Å². The van der Waals surface area contributed by atoms with Crippen LogP contribution in [0.2, 0.25) is 0 Å². The maximum Gasteiger partial charge on any atom is 0.223 e. The summed E-state index contributed by atoms with van der Waals surface area (Å²) in [6, 6.07) is 8.15. The van der Waals surface area contributed by atoms with E-state index in [2.05, 4.69) is 10.6 Å².